The van der Waals surface area contributed by atoms with Gasteiger partial charge in [-0.05, 0) is 79.9 Å². The summed E-state index contributed by atoms with van der Waals surface area (Å²) < 4.78 is 3.58. The summed E-state index contributed by atoms with van der Waals surface area (Å²) in [5, 5.41) is 7.51. The fraction of sp³-hybridized carbons (Fsp3) is 0.522. The van der Waals surface area contributed by atoms with E-state index < -0.39 is 0 Å². The van der Waals surface area contributed by atoms with Crippen LogP contribution >= 0.6 is 0 Å². The monoisotopic (exact) mass is 404 g/mol. The van der Waals surface area contributed by atoms with Crippen molar-refractivity contribution in [3.63, 3.8) is 0 Å². The lowest BCUT2D eigenvalue weighted by Gasteiger charge is -2.56. The highest BCUT2D eigenvalue weighted by Gasteiger charge is 2.50. The number of fused-ring (bicyclic) bond motifs is 1. The van der Waals surface area contributed by atoms with Crippen molar-refractivity contribution in [2.75, 3.05) is 12.3 Å². The van der Waals surface area contributed by atoms with Gasteiger partial charge in [0.15, 0.2) is 0 Å². The molecular formula is C23H28N6O. The number of imidazole rings is 1. The van der Waals surface area contributed by atoms with E-state index >= 15 is 0 Å². The van der Waals surface area contributed by atoms with Crippen molar-refractivity contribution < 1.29 is 4.79 Å². The van der Waals surface area contributed by atoms with Crippen molar-refractivity contribution in [1.82, 2.24) is 24.5 Å². The number of nitrogens with two attached hydrogens (primary N) is 1. The molecule has 1 amide bonds. The van der Waals surface area contributed by atoms with Crippen LogP contribution in [-0.4, -0.2) is 31.6 Å². The van der Waals surface area contributed by atoms with Gasteiger partial charge in [-0.15, -0.1) is 0 Å². The van der Waals surface area contributed by atoms with Crippen molar-refractivity contribution in [3.8, 4) is 0 Å². The van der Waals surface area contributed by atoms with Gasteiger partial charge in [-0.25, -0.2) is 9.67 Å². The maximum atomic E-state index is 13.1. The lowest BCUT2D eigenvalue weighted by molar-refractivity contribution is -0.0503. The predicted octanol–water partition coefficient (Wildman–Crippen LogP) is 3.11. The molecule has 3 aromatic rings. The Morgan fingerprint density at radius 3 is 2.53 bits per heavy atom. The molecule has 4 aliphatic carbocycles. The number of carbonyl (C=O) groups excluding carboxylic acids is 1. The lowest BCUT2D eigenvalue weighted by atomic mass is 9.49. The topological polar surface area (TPSA) is 90.2 Å². The predicted molar refractivity (Wildman–Crippen MR) is 114 cm³/mol. The van der Waals surface area contributed by atoms with Crippen LogP contribution in [0.5, 0.6) is 0 Å². The molecule has 4 saturated carbocycles. The van der Waals surface area contributed by atoms with Gasteiger partial charge in [-0.1, -0.05) is 6.07 Å². The van der Waals surface area contributed by atoms with Crippen LogP contribution in [0.1, 0.15) is 54.7 Å². The van der Waals surface area contributed by atoms with Crippen LogP contribution in [0.4, 0.5) is 5.82 Å². The Bertz CT molecular complexity index is 1080. The van der Waals surface area contributed by atoms with Crippen molar-refractivity contribution in [2.45, 2.75) is 45.1 Å². The molecule has 30 heavy (non-hydrogen) atoms. The Balaban J connectivity index is 1.21. The normalized spacial score (nSPS) is 29.5. The second-order valence-corrected chi connectivity index (χ2v) is 9.89. The summed E-state index contributed by atoms with van der Waals surface area (Å²) in [6.07, 6.45) is 11.7. The zero-order chi connectivity index (χ0) is 20.3. The molecule has 7 heteroatoms. The van der Waals surface area contributed by atoms with Crippen LogP contribution < -0.4 is 11.1 Å². The first-order chi connectivity index (χ1) is 14.6. The molecule has 0 aromatic carbocycles. The molecule has 4 fully saturated rings. The summed E-state index contributed by atoms with van der Waals surface area (Å²) in [5.41, 5.74) is 8.47. The number of anilines is 1. The fourth-order valence-electron chi connectivity index (χ4n) is 6.82. The minimum atomic E-state index is -0.0149. The van der Waals surface area contributed by atoms with Crippen LogP contribution in [0, 0.1) is 23.2 Å². The van der Waals surface area contributed by atoms with Crippen molar-refractivity contribution in [2.24, 2.45) is 23.2 Å². The number of hydrogen-bond acceptors (Lipinski definition) is 4. The maximum Gasteiger partial charge on any atom is 0.268 e. The number of aromatic nitrogens is 4. The first kappa shape index (κ1) is 18.0. The fourth-order valence-corrected chi connectivity index (χ4v) is 6.82. The van der Waals surface area contributed by atoms with E-state index in [0.717, 1.165) is 35.6 Å². The van der Waals surface area contributed by atoms with Gasteiger partial charge in [0.2, 0.25) is 0 Å². The van der Waals surface area contributed by atoms with Gasteiger partial charge in [0.1, 0.15) is 17.2 Å². The van der Waals surface area contributed by atoms with Crippen LogP contribution in [0.2, 0.25) is 0 Å². The van der Waals surface area contributed by atoms with E-state index in [9.17, 15) is 4.79 Å². The van der Waals surface area contributed by atoms with Gasteiger partial charge >= 0.3 is 0 Å². The summed E-state index contributed by atoms with van der Waals surface area (Å²) in [6.45, 7) is 1.28. The van der Waals surface area contributed by atoms with Crippen molar-refractivity contribution >= 4 is 17.4 Å². The smallest absolute Gasteiger partial charge is 0.268 e. The summed E-state index contributed by atoms with van der Waals surface area (Å²) in [5.74, 6) is 3.26. The highest BCUT2D eigenvalue weighted by atomic mass is 16.1. The van der Waals surface area contributed by atoms with E-state index in [2.05, 4.69) is 15.4 Å². The average Bonchev–Trinajstić information content (AvgIpc) is 3.31. The molecule has 156 valence electrons. The van der Waals surface area contributed by atoms with Gasteiger partial charge < -0.3 is 11.1 Å². The first-order valence-electron chi connectivity index (χ1n) is 11.1. The van der Waals surface area contributed by atoms with Crippen LogP contribution in [0.25, 0.3) is 5.65 Å². The van der Waals surface area contributed by atoms with Crippen molar-refractivity contribution in [1.29, 1.82) is 0 Å². The number of nitrogens with one attached hydrogen (secondary N) is 1. The molecule has 7 nitrogen and oxygen atoms in total. The van der Waals surface area contributed by atoms with Gasteiger partial charge in [-0.2, -0.15) is 5.10 Å². The molecule has 3 heterocycles. The zero-order valence-electron chi connectivity index (χ0n) is 17.1. The van der Waals surface area contributed by atoms with Crippen LogP contribution in [0.3, 0.4) is 0 Å². The molecule has 4 bridgehead atoms. The molecule has 0 atom stereocenters. The molecule has 7 rings (SSSR count). The third-order valence-electron chi connectivity index (χ3n) is 7.62. The van der Waals surface area contributed by atoms with Crippen LogP contribution in [0.15, 0.2) is 36.7 Å². The summed E-state index contributed by atoms with van der Waals surface area (Å²) in [6, 6.07) is 7.45. The zero-order valence-corrected chi connectivity index (χ0v) is 17.1. The number of amides is 1. The Labute approximate surface area is 175 Å². The first-order valence-corrected chi connectivity index (χ1v) is 11.1. The molecular weight excluding hydrogens is 376 g/mol. The van der Waals surface area contributed by atoms with Gasteiger partial charge in [-0.3, -0.25) is 9.20 Å². The average molecular weight is 405 g/mol. The number of nitrogen functional groups attached to an aromatic ring is 1. The Kier molecular flexibility index (Phi) is 3.95. The minimum absolute atomic E-state index is 0.0149. The SMILES string of the molecule is Nc1ccnn1Cc1cn2c(C(=O)NCC34CC5CC(CC(C5)C3)C4)cccc2n1. The highest BCUT2D eigenvalue weighted by molar-refractivity contribution is 5.93. The van der Waals surface area contributed by atoms with Crippen molar-refractivity contribution in [3.05, 3.63) is 48.0 Å². The summed E-state index contributed by atoms with van der Waals surface area (Å²) in [4.78, 5) is 17.8. The second-order valence-electron chi connectivity index (χ2n) is 9.89. The van der Waals surface area contributed by atoms with E-state index in [1.807, 2.05) is 28.8 Å². The molecule has 0 unspecified atom stereocenters. The summed E-state index contributed by atoms with van der Waals surface area (Å²) >= 11 is 0. The van der Waals surface area contributed by atoms with Gasteiger partial charge in [0, 0.05) is 12.7 Å². The third-order valence-corrected chi connectivity index (χ3v) is 7.62. The largest absolute Gasteiger partial charge is 0.384 e. The molecule has 0 radical (unpaired) electrons. The van der Waals surface area contributed by atoms with Gasteiger partial charge in [0.25, 0.3) is 5.91 Å². The second kappa shape index (κ2) is 6.59. The van der Waals surface area contributed by atoms with Crippen LogP contribution in [-0.2, 0) is 6.54 Å². The van der Waals surface area contributed by atoms with E-state index in [1.165, 1.54) is 38.5 Å². The lowest BCUT2D eigenvalue weighted by Crippen LogP contribution is -2.51. The Hall–Kier alpha value is -2.83. The Morgan fingerprint density at radius 1 is 1.13 bits per heavy atom. The van der Waals surface area contributed by atoms with E-state index in [-0.39, 0.29) is 5.91 Å². The number of hydrogen-bond donors (Lipinski definition) is 2. The standard InChI is InChI=1S/C23H28N6O/c24-20-4-5-26-29(20)13-18-12-28-19(2-1-3-21(28)27-18)22(30)25-14-23-9-15-6-16(10-23)8-17(7-15)11-23/h1-5,12,15-17H,6-11,13-14,24H2,(H,25,30). The van der Waals surface area contributed by atoms with Gasteiger partial charge in [0.05, 0.1) is 18.4 Å². The highest BCUT2D eigenvalue weighted by Crippen LogP contribution is 2.59. The van der Waals surface area contributed by atoms with E-state index in [4.69, 9.17) is 5.73 Å². The molecule has 0 saturated heterocycles. The third kappa shape index (κ3) is 2.99. The Morgan fingerprint density at radius 2 is 1.87 bits per heavy atom. The number of nitrogens with zero attached hydrogens (tertiary/aromatic N) is 4. The quantitative estimate of drug-likeness (QED) is 0.684. The number of pyridine rings is 1. The molecule has 3 aromatic heterocycles. The summed E-state index contributed by atoms with van der Waals surface area (Å²) in [7, 11) is 0. The number of carbonyl (C=O) groups is 1. The van der Waals surface area contributed by atoms with E-state index in [1.54, 1.807) is 16.9 Å². The molecule has 3 N–H and O–H groups in total. The molecule has 0 spiro atoms. The maximum absolute atomic E-state index is 13.1. The number of rotatable bonds is 5. The minimum Gasteiger partial charge on any atom is -0.384 e. The van der Waals surface area contributed by atoms with E-state index in [0.29, 0.717) is 23.5 Å². The molecule has 4 aliphatic rings. The molecule has 0 aliphatic heterocycles.